The summed E-state index contributed by atoms with van der Waals surface area (Å²) in [6.07, 6.45) is 0. The Morgan fingerprint density at radius 3 is 1.33 bits per heavy atom. The molecule has 0 bridgehead atoms. The molecule has 0 spiro atoms. The maximum absolute atomic E-state index is 2.35. The zero-order valence-corrected chi connectivity index (χ0v) is 17.6. The van der Waals surface area contributed by atoms with E-state index in [1.807, 2.05) is 0 Å². The van der Waals surface area contributed by atoms with E-state index < -0.39 is 0 Å². The second kappa shape index (κ2) is 9.01. The first-order chi connectivity index (χ1) is 11.4. The first-order valence-electron chi connectivity index (χ1n) is 8.67. The molecule has 0 aliphatic carbocycles. The third-order valence-electron chi connectivity index (χ3n) is 4.73. The number of thioether (sulfide) groups is 2. The first kappa shape index (κ1) is 19.5. The van der Waals surface area contributed by atoms with Gasteiger partial charge < -0.3 is 0 Å². The standard InChI is InChI=1S/C22H30S2/c1-15-9-17(3)19(5)21(11-15)13-23-7-8-24-14-22-12-16(2)10-18(4)20(22)6/h9-12H,7-8,13-14H2,1-6H3. The molecular weight excluding hydrogens is 328 g/mol. The molecule has 0 amide bonds. The third-order valence-corrected chi connectivity index (χ3v) is 7.00. The molecule has 0 nitrogen and oxygen atoms in total. The summed E-state index contributed by atoms with van der Waals surface area (Å²) in [5, 5.41) is 0. The molecule has 130 valence electrons. The van der Waals surface area contributed by atoms with Crippen LogP contribution in [0.2, 0.25) is 0 Å². The van der Waals surface area contributed by atoms with Crippen molar-refractivity contribution in [2.45, 2.75) is 53.0 Å². The molecule has 2 heteroatoms. The van der Waals surface area contributed by atoms with Crippen molar-refractivity contribution >= 4 is 23.5 Å². The van der Waals surface area contributed by atoms with Crippen molar-refractivity contribution in [3.05, 3.63) is 68.8 Å². The normalized spacial score (nSPS) is 11.1. The van der Waals surface area contributed by atoms with E-state index in [1.54, 1.807) is 0 Å². The molecule has 0 saturated carbocycles. The van der Waals surface area contributed by atoms with E-state index >= 15 is 0 Å². The minimum Gasteiger partial charge on any atom is -0.156 e. The van der Waals surface area contributed by atoms with E-state index in [0.717, 1.165) is 11.5 Å². The van der Waals surface area contributed by atoms with Crippen LogP contribution in [0, 0.1) is 41.5 Å². The quantitative estimate of drug-likeness (QED) is 0.505. The van der Waals surface area contributed by atoms with Gasteiger partial charge in [0.25, 0.3) is 0 Å². The van der Waals surface area contributed by atoms with E-state index in [1.165, 1.54) is 56.0 Å². The lowest BCUT2D eigenvalue weighted by Gasteiger charge is -2.11. The molecule has 2 aromatic carbocycles. The summed E-state index contributed by atoms with van der Waals surface area (Å²) < 4.78 is 0. The number of aryl methyl sites for hydroxylation is 4. The number of hydrogen-bond donors (Lipinski definition) is 0. The lowest BCUT2D eigenvalue weighted by molar-refractivity contribution is 1.21. The highest BCUT2D eigenvalue weighted by Crippen LogP contribution is 2.24. The van der Waals surface area contributed by atoms with Crippen LogP contribution in [0.5, 0.6) is 0 Å². The smallest absolute Gasteiger partial charge is 0.0187 e. The Bertz CT molecular complexity index is 640. The second-order valence-electron chi connectivity index (χ2n) is 6.84. The molecule has 0 atom stereocenters. The minimum absolute atomic E-state index is 1.14. The Kier molecular flexibility index (Phi) is 7.31. The molecule has 0 heterocycles. The first-order valence-corrected chi connectivity index (χ1v) is 11.0. The van der Waals surface area contributed by atoms with Crippen LogP contribution in [0.1, 0.15) is 44.5 Å². The summed E-state index contributed by atoms with van der Waals surface area (Å²) in [4.78, 5) is 0. The van der Waals surface area contributed by atoms with Crippen LogP contribution in [0.3, 0.4) is 0 Å². The van der Waals surface area contributed by atoms with E-state index in [2.05, 4.69) is 89.3 Å². The highest BCUT2D eigenvalue weighted by Gasteiger charge is 2.05. The lowest BCUT2D eigenvalue weighted by atomic mass is 10.0. The van der Waals surface area contributed by atoms with Crippen molar-refractivity contribution in [3.8, 4) is 0 Å². The molecule has 2 aromatic rings. The van der Waals surface area contributed by atoms with Gasteiger partial charge in [-0.1, -0.05) is 35.4 Å². The zero-order valence-electron chi connectivity index (χ0n) is 16.0. The van der Waals surface area contributed by atoms with E-state index in [-0.39, 0.29) is 0 Å². The zero-order chi connectivity index (χ0) is 17.7. The Morgan fingerprint density at radius 2 is 0.958 bits per heavy atom. The lowest BCUT2D eigenvalue weighted by Crippen LogP contribution is -1.95. The number of benzene rings is 2. The van der Waals surface area contributed by atoms with Gasteiger partial charge in [0.2, 0.25) is 0 Å². The summed E-state index contributed by atoms with van der Waals surface area (Å²) in [5.74, 6) is 4.72. The van der Waals surface area contributed by atoms with Gasteiger partial charge >= 0.3 is 0 Å². The van der Waals surface area contributed by atoms with Crippen LogP contribution < -0.4 is 0 Å². The van der Waals surface area contributed by atoms with Crippen molar-refractivity contribution in [2.24, 2.45) is 0 Å². The Hall–Kier alpha value is -0.860. The highest BCUT2D eigenvalue weighted by molar-refractivity contribution is 8.02. The average molecular weight is 359 g/mol. The van der Waals surface area contributed by atoms with Crippen molar-refractivity contribution in [1.29, 1.82) is 0 Å². The molecule has 0 unspecified atom stereocenters. The summed E-state index contributed by atoms with van der Waals surface area (Å²) in [6, 6.07) is 9.26. The predicted octanol–water partition coefficient (Wildman–Crippen LogP) is 6.70. The summed E-state index contributed by atoms with van der Waals surface area (Å²) in [6.45, 7) is 13.3. The number of rotatable bonds is 7. The van der Waals surface area contributed by atoms with Gasteiger partial charge in [0, 0.05) is 23.0 Å². The SMILES string of the molecule is Cc1cc(C)c(C)c(CSCCSCc2cc(C)cc(C)c2C)c1. The molecule has 24 heavy (non-hydrogen) atoms. The van der Waals surface area contributed by atoms with Gasteiger partial charge in [-0.3, -0.25) is 0 Å². The molecule has 0 radical (unpaired) electrons. The number of hydrogen-bond acceptors (Lipinski definition) is 2. The molecule has 0 aromatic heterocycles. The van der Waals surface area contributed by atoms with Gasteiger partial charge in [0.05, 0.1) is 0 Å². The fraction of sp³-hybridized carbons (Fsp3) is 0.455. The highest BCUT2D eigenvalue weighted by atomic mass is 32.2. The van der Waals surface area contributed by atoms with Crippen LogP contribution in [0.25, 0.3) is 0 Å². The molecule has 0 fully saturated rings. The van der Waals surface area contributed by atoms with Crippen LogP contribution in [0.15, 0.2) is 24.3 Å². The van der Waals surface area contributed by atoms with Crippen LogP contribution >= 0.6 is 23.5 Å². The topological polar surface area (TPSA) is 0 Å². The van der Waals surface area contributed by atoms with Crippen LogP contribution in [-0.2, 0) is 11.5 Å². The Labute approximate surface area is 156 Å². The fourth-order valence-electron chi connectivity index (χ4n) is 3.04. The van der Waals surface area contributed by atoms with Crippen molar-refractivity contribution in [2.75, 3.05) is 11.5 Å². The summed E-state index contributed by atoms with van der Waals surface area (Å²) >= 11 is 4.13. The summed E-state index contributed by atoms with van der Waals surface area (Å²) in [7, 11) is 0. The fourth-order valence-corrected chi connectivity index (χ4v) is 5.31. The Balaban J connectivity index is 1.77. The molecule has 0 saturated heterocycles. The molecular formula is C22H30S2. The average Bonchev–Trinajstić information content (AvgIpc) is 2.51. The van der Waals surface area contributed by atoms with E-state index in [9.17, 15) is 0 Å². The molecule has 0 aliphatic rings. The van der Waals surface area contributed by atoms with Gasteiger partial charge in [-0.25, -0.2) is 0 Å². The van der Waals surface area contributed by atoms with Gasteiger partial charge in [-0.05, 0) is 74.9 Å². The van der Waals surface area contributed by atoms with E-state index in [4.69, 9.17) is 0 Å². The Morgan fingerprint density at radius 1 is 0.583 bits per heavy atom. The molecule has 0 aliphatic heterocycles. The third kappa shape index (κ3) is 5.32. The van der Waals surface area contributed by atoms with Gasteiger partial charge in [0.15, 0.2) is 0 Å². The molecule has 0 N–H and O–H groups in total. The van der Waals surface area contributed by atoms with E-state index in [0.29, 0.717) is 0 Å². The van der Waals surface area contributed by atoms with Crippen molar-refractivity contribution < 1.29 is 0 Å². The maximum Gasteiger partial charge on any atom is 0.0187 e. The van der Waals surface area contributed by atoms with Crippen LogP contribution in [0.4, 0.5) is 0 Å². The van der Waals surface area contributed by atoms with Crippen molar-refractivity contribution in [1.82, 2.24) is 0 Å². The minimum atomic E-state index is 1.14. The largest absolute Gasteiger partial charge is 0.156 e. The maximum atomic E-state index is 2.35. The second-order valence-corrected chi connectivity index (χ2v) is 9.05. The summed E-state index contributed by atoms with van der Waals surface area (Å²) in [5.41, 5.74) is 11.6. The van der Waals surface area contributed by atoms with Crippen molar-refractivity contribution in [3.63, 3.8) is 0 Å². The monoisotopic (exact) mass is 358 g/mol. The van der Waals surface area contributed by atoms with Gasteiger partial charge in [-0.2, -0.15) is 23.5 Å². The van der Waals surface area contributed by atoms with Gasteiger partial charge in [-0.15, -0.1) is 0 Å². The van der Waals surface area contributed by atoms with Gasteiger partial charge in [0.1, 0.15) is 0 Å². The predicted molar refractivity (Wildman–Crippen MR) is 114 cm³/mol. The molecule has 2 rings (SSSR count). The van der Waals surface area contributed by atoms with Crippen LogP contribution in [-0.4, -0.2) is 11.5 Å².